The summed E-state index contributed by atoms with van der Waals surface area (Å²) >= 11 is 8.81. The Morgan fingerprint density at radius 2 is 1.92 bits per heavy atom. The summed E-state index contributed by atoms with van der Waals surface area (Å²) in [6.07, 6.45) is 5.64. The molecule has 1 fully saturated rings. The fraction of sp³-hybridized carbons (Fsp3) is 0.192. The van der Waals surface area contributed by atoms with E-state index in [2.05, 4.69) is 25.3 Å². The number of aromatic nitrogens is 3. The van der Waals surface area contributed by atoms with E-state index in [1.54, 1.807) is 18.5 Å². The van der Waals surface area contributed by atoms with E-state index in [0.29, 0.717) is 32.6 Å². The smallest absolute Gasteiger partial charge is 0.223 e. The molecule has 1 aliphatic rings. The van der Waals surface area contributed by atoms with Crippen molar-refractivity contribution in [2.24, 2.45) is 0 Å². The van der Waals surface area contributed by atoms with Crippen molar-refractivity contribution in [2.45, 2.75) is 33.7 Å². The van der Waals surface area contributed by atoms with Crippen LogP contribution in [0.2, 0.25) is 5.02 Å². The van der Waals surface area contributed by atoms with Crippen molar-refractivity contribution >= 4 is 46.9 Å². The first-order chi connectivity index (χ1) is 17.7. The van der Waals surface area contributed by atoms with Gasteiger partial charge in [-0.15, -0.1) is 0 Å². The van der Waals surface area contributed by atoms with Gasteiger partial charge in [0.05, 0.1) is 10.7 Å². The Labute approximate surface area is 223 Å². The van der Waals surface area contributed by atoms with Crippen molar-refractivity contribution in [1.29, 1.82) is 0 Å². The average molecular weight is 539 g/mol. The van der Waals surface area contributed by atoms with Gasteiger partial charge in [0.15, 0.2) is 0 Å². The highest BCUT2D eigenvalue weighted by atomic mass is 35.5. The van der Waals surface area contributed by atoms with Crippen molar-refractivity contribution < 1.29 is 4.39 Å². The lowest BCUT2D eigenvalue weighted by Crippen LogP contribution is -2.38. The molecule has 0 spiro atoms. The van der Waals surface area contributed by atoms with Crippen LogP contribution in [0.1, 0.15) is 12.8 Å². The molecular weight excluding hydrogens is 515 g/mol. The van der Waals surface area contributed by atoms with Gasteiger partial charge >= 0.3 is 0 Å². The molecule has 2 aromatic carbocycles. The second kappa shape index (κ2) is 11.9. The van der Waals surface area contributed by atoms with E-state index in [1.165, 1.54) is 29.8 Å². The van der Waals surface area contributed by atoms with Gasteiger partial charge in [-0.05, 0) is 79.9 Å². The SMILES string of the molecule is Fc1cc(NSc2ccccc2Cl)ccc1Sc1ncccc1-c1ccnc(NC2CCCNC2)n1. The number of halogens is 2. The topological polar surface area (TPSA) is 74.8 Å². The summed E-state index contributed by atoms with van der Waals surface area (Å²) in [4.78, 5) is 15.0. The average Bonchev–Trinajstić information content (AvgIpc) is 2.91. The van der Waals surface area contributed by atoms with E-state index in [9.17, 15) is 0 Å². The van der Waals surface area contributed by atoms with Crippen molar-refractivity contribution in [3.63, 3.8) is 0 Å². The Morgan fingerprint density at radius 1 is 1.00 bits per heavy atom. The van der Waals surface area contributed by atoms with E-state index in [4.69, 9.17) is 16.6 Å². The van der Waals surface area contributed by atoms with Crippen molar-refractivity contribution in [3.8, 4) is 11.3 Å². The third-order valence-corrected chi connectivity index (χ3v) is 8.01. The molecule has 1 unspecified atom stereocenters. The maximum absolute atomic E-state index is 15.0. The molecule has 1 atom stereocenters. The number of nitrogens with one attached hydrogen (secondary N) is 3. The number of benzene rings is 2. The number of pyridine rings is 1. The van der Waals surface area contributed by atoms with Gasteiger partial charge in [0.1, 0.15) is 10.8 Å². The fourth-order valence-corrected chi connectivity index (χ4v) is 5.61. The molecule has 1 aliphatic heterocycles. The van der Waals surface area contributed by atoms with E-state index in [0.717, 1.165) is 42.1 Å². The first-order valence-electron chi connectivity index (χ1n) is 11.6. The highest BCUT2D eigenvalue weighted by Crippen LogP contribution is 2.36. The first kappa shape index (κ1) is 24.8. The lowest BCUT2D eigenvalue weighted by atomic mass is 10.1. The van der Waals surface area contributed by atoms with Gasteiger partial charge in [0.25, 0.3) is 0 Å². The zero-order valence-electron chi connectivity index (χ0n) is 19.2. The molecule has 184 valence electrons. The van der Waals surface area contributed by atoms with Crippen LogP contribution in [0.5, 0.6) is 0 Å². The van der Waals surface area contributed by atoms with Crippen LogP contribution >= 0.6 is 35.3 Å². The Balaban J connectivity index is 1.31. The van der Waals surface area contributed by atoms with Crippen molar-refractivity contribution in [2.75, 3.05) is 23.1 Å². The Bertz CT molecular complexity index is 1340. The normalized spacial score (nSPS) is 15.4. The highest BCUT2D eigenvalue weighted by molar-refractivity contribution is 8.00. The molecule has 5 rings (SSSR count). The maximum Gasteiger partial charge on any atom is 0.223 e. The standard InChI is InChI=1S/C26H24ClFN6S2/c27-20-7-1-2-8-23(20)36-34-17-9-10-24(21(28)15-17)35-25-19(6-4-13-30-25)22-11-14-31-26(33-22)32-18-5-3-12-29-16-18/h1-2,4,6-11,13-15,18,29,34H,3,5,12,16H2,(H,31,32,33). The number of rotatable bonds is 8. The van der Waals surface area contributed by atoms with Crippen LogP contribution in [-0.4, -0.2) is 34.1 Å². The van der Waals surface area contributed by atoms with Crippen LogP contribution in [0.25, 0.3) is 11.3 Å². The molecule has 6 nitrogen and oxygen atoms in total. The molecule has 0 bridgehead atoms. The molecular formula is C26H24ClFN6S2. The molecule has 2 aromatic heterocycles. The second-order valence-electron chi connectivity index (χ2n) is 8.19. The van der Waals surface area contributed by atoms with Crippen LogP contribution in [0.15, 0.2) is 87.9 Å². The number of hydrogen-bond donors (Lipinski definition) is 3. The zero-order valence-corrected chi connectivity index (χ0v) is 21.6. The summed E-state index contributed by atoms with van der Waals surface area (Å²) in [5, 5.41) is 8.12. The van der Waals surface area contributed by atoms with Crippen molar-refractivity contribution in [3.05, 3.63) is 83.9 Å². The molecule has 10 heteroatoms. The summed E-state index contributed by atoms with van der Waals surface area (Å²) < 4.78 is 18.2. The summed E-state index contributed by atoms with van der Waals surface area (Å²) in [5.74, 6) is 0.245. The Kier molecular flexibility index (Phi) is 8.22. The lowest BCUT2D eigenvalue weighted by Gasteiger charge is -2.23. The van der Waals surface area contributed by atoms with Crippen LogP contribution in [0.3, 0.4) is 0 Å². The third kappa shape index (κ3) is 6.28. The minimum absolute atomic E-state index is 0.300. The largest absolute Gasteiger partial charge is 0.350 e. The van der Waals surface area contributed by atoms with Crippen LogP contribution in [0, 0.1) is 5.82 Å². The quantitative estimate of drug-likeness (QED) is 0.212. The van der Waals surface area contributed by atoms with Crippen molar-refractivity contribution in [1.82, 2.24) is 20.3 Å². The molecule has 0 saturated carbocycles. The van der Waals surface area contributed by atoms with E-state index < -0.39 is 0 Å². The second-order valence-corrected chi connectivity index (χ2v) is 10.5. The molecule has 36 heavy (non-hydrogen) atoms. The monoisotopic (exact) mass is 538 g/mol. The van der Waals surface area contributed by atoms with Gasteiger partial charge in [-0.25, -0.2) is 19.3 Å². The van der Waals surface area contributed by atoms with Gasteiger partial charge < -0.3 is 15.4 Å². The van der Waals surface area contributed by atoms with Gasteiger partial charge in [0.2, 0.25) is 5.95 Å². The summed E-state index contributed by atoms with van der Waals surface area (Å²) in [6.45, 7) is 1.94. The number of piperidine rings is 1. The molecule has 4 aromatic rings. The molecule has 3 N–H and O–H groups in total. The lowest BCUT2D eigenvalue weighted by molar-refractivity contribution is 0.478. The molecule has 0 aliphatic carbocycles. The molecule has 0 amide bonds. The molecule has 3 heterocycles. The predicted octanol–water partition coefficient (Wildman–Crippen LogP) is 6.77. The molecule has 1 saturated heterocycles. The number of hydrogen-bond acceptors (Lipinski definition) is 8. The van der Waals surface area contributed by atoms with Crippen LogP contribution in [0.4, 0.5) is 16.0 Å². The first-order valence-corrected chi connectivity index (χ1v) is 13.6. The van der Waals surface area contributed by atoms with Gasteiger partial charge in [-0.2, -0.15) is 0 Å². The van der Waals surface area contributed by atoms with Crippen LogP contribution in [-0.2, 0) is 0 Å². The highest BCUT2D eigenvalue weighted by Gasteiger charge is 2.16. The van der Waals surface area contributed by atoms with E-state index in [-0.39, 0.29) is 5.82 Å². The van der Waals surface area contributed by atoms with Gasteiger partial charge in [-0.3, -0.25) is 0 Å². The van der Waals surface area contributed by atoms with Crippen LogP contribution < -0.4 is 15.4 Å². The van der Waals surface area contributed by atoms with Gasteiger partial charge in [-0.1, -0.05) is 35.5 Å². The summed E-state index contributed by atoms with van der Waals surface area (Å²) in [7, 11) is 0. The van der Waals surface area contributed by atoms with Gasteiger partial charge in [0, 0.05) is 46.0 Å². The Hall–Kier alpha value is -2.85. The van der Waals surface area contributed by atoms with E-state index in [1.807, 2.05) is 48.5 Å². The van der Waals surface area contributed by atoms with E-state index >= 15 is 4.39 Å². The maximum atomic E-state index is 15.0. The fourth-order valence-electron chi connectivity index (χ4n) is 3.80. The minimum atomic E-state index is -0.337. The zero-order chi connectivity index (χ0) is 24.7. The number of anilines is 2. The Morgan fingerprint density at radius 3 is 2.75 bits per heavy atom. The minimum Gasteiger partial charge on any atom is -0.350 e. The predicted molar refractivity (Wildman–Crippen MR) is 146 cm³/mol. The summed E-state index contributed by atoms with van der Waals surface area (Å²) in [6, 6.07) is 18.5. The summed E-state index contributed by atoms with van der Waals surface area (Å²) in [5.41, 5.74) is 2.21. The number of nitrogens with zero attached hydrogens (tertiary/aromatic N) is 3. The molecule has 0 radical (unpaired) electrons. The third-order valence-electron chi connectivity index (χ3n) is 5.59.